The second-order valence-electron chi connectivity index (χ2n) is 7.38. The van der Waals surface area contributed by atoms with Crippen molar-refractivity contribution in [2.75, 3.05) is 0 Å². The molecule has 2 saturated carbocycles. The number of fused-ring (bicyclic) bond motifs is 2. The quantitative estimate of drug-likeness (QED) is 0.699. The molecule has 3 atom stereocenters. The Balaban J connectivity index is 2.07. The zero-order valence-corrected chi connectivity index (χ0v) is 11.9. The van der Waals surface area contributed by atoms with E-state index in [9.17, 15) is 4.79 Å². The van der Waals surface area contributed by atoms with Crippen molar-refractivity contribution in [3.63, 3.8) is 0 Å². The molecule has 2 aliphatic rings. The van der Waals surface area contributed by atoms with Crippen molar-refractivity contribution in [3.05, 3.63) is 0 Å². The second-order valence-corrected chi connectivity index (χ2v) is 7.38. The first-order valence-corrected chi connectivity index (χ1v) is 6.95. The molecular formula is C15H26O2. The van der Waals surface area contributed by atoms with Crippen molar-refractivity contribution in [1.29, 1.82) is 0 Å². The third-order valence-corrected chi connectivity index (χ3v) is 4.96. The largest absolute Gasteiger partial charge is 0.461 e. The van der Waals surface area contributed by atoms with Crippen LogP contribution in [0.5, 0.6) is 0 Å². The highest BCUT2D eigenvalue weighted by Crippen LogP contribution is 2.63. The minimum absolute atomic E-state index is 0.00755. The van der Waals surface area contributed by atoms with E-state index in [1.54, 1.807) is 0 Å². The average molecular weight is 238 g/mol. The predicted octanol–water partition coefficient (Wildman–Crippen LogP) is 3.79. The van der Waals surface area contributed by atoms with Crippen LogP contribution in [0.25, 0.3) is 0 Å². The highest BCUT2D eigenvalue weighted by molar-refractivity contribution is 5.70. The Morgan fingerprint density at radius 3 is 2.47 bits per heavy atom. The van der Waals surface area contributed by atoms with E-state index in [0.717, 1.165) is 5.92 Å². The Morgan fingerprint density at radius 1 is 1.35 bits per heavy atom. The van der Waals surface area contributed by atoms with Crippen LogP contribution in [0.15, 0.2) is 0 Å². The van der Waals surface area contributed by atoms with Crippen LogP contribution in [0.1, 0.15) is 60.3 Å². The third-order valence-electron chi connectivity index (χ3n) is 4.96. The fourth-order valence-corrected chi connectivity index (χ4v) is 4.06. The van der Waals surface area contributed by atoms with E-state index >= 15 is 0 Å². The molecule has 0 N–H and O–H groups in total. The van der Waals surface area contributed by atoms with Gasteiger partial charge in [0, 0.05) is 17.3 Å². The molecule has 0 saturated heterocycles. The Hall–Kier alpha value is -0.530. The molecule has 0 heterocycles. The van der Waals surface area contributed by atoms with Gasteiger partial charge in [0.05, 0.1) is 0 Å². The van der Waals surface area contributed by atoms with Gasteiger partial charge in [0.2, 0.25) is 0 Å². The summed E-state index contributed by atoms with van der Waals surface area (Å²) in [6.07, 6.45) is 4.44. The zero-order chi connectivity index (χ0) is 12.8. The molecule has 2 rings (SSSR count). The summed E-state index contributed by atoms with van der Waals surface area (Å²) in [5, 5.41) is 0. The Kier molecular flexibility index (Phi) is 3.04. The van der Waals surface area contributed by atoms with Gasteiger partial charge in [-0.3, -0.25) is 4.79 Å². The molecule has 2 bridgehead atoms. The van der Waals surface area contributed by atoms with Crippen molar-refractivity contribution >= 4 is 5.97 Å². The summed E-state index contributed by atoms with van der Waals surface area (Å²) >= 11 is 0. The number of hydrogen-bond acceptors (Lipinski definition) is 2. The van der Waals surface area contributed by atoms with Gasteiger partial charge < -0.3 is 4.74 Å². The molecule has 0 aromatic heterocycles. The van der Waals surface area contributed by atoms with Gasteiger partial charge in [0.15, 0.2) is 0 Å². The molecule has 17 heavy (non-hydrogen) atoms. The van der Waals surface area contributed by atoms with Crippen LogP contribution in [0.3, 0.4) is 0 Å². The first-order chi connectivity index (χ1) is 7.75. The van der Waals surface area contributed by atoms with Crippen LogP contribution in [-0.2, 0) is 9.53 Å². The van der Waals surface area contributed by atoms with E-state index in [2.05, 4.69) is 34.6 Å². The molecular weight excluding hydrogens is 212 g/mol. The van der Waals surface area contributed by atoms with Gasteiger partial charge in [-0.25, -0.2) is 0 Å². The Morgan fingerprint density at radius 2 is 2.00 bits per heavy atom. The summed E-state index contributed by atoms with van der Waals surface area (Å²) in [7, 11) is 0. The SMILES string of the molecule is CC(C)CC(=O)OC1C2(C)CCC(C2)C1(C)C. The lowest BCUT2D eigenvalue weighted by atomic mass is 9.70. The van der Waals surface area contributed by atoms with Gasteiger partial charge in [-0.05, 0) is 31.1 Å². The van der Waals surface area contributed by atoms with Gasteiger partial charge in [-0.1, -0.05) is 34.6 Å². The maximum Gasteiger partial charge on any atom is 0.306 e. The minimum atomic E-state index is -0.00755. The van der Waals surface area contributed by atoms with E-state index in [1.165, 1.54) is 19.3 Å². The van der Waals surface area contributed by atoms with Crippen molar-refractivity contribution in [2.45, 2.75) is 66.4 Å². The summed E-state index contributed by atoms with van der Waals surface area (Å²) < 4.78 is 5.84. The number of carbonyl (C=O) groups is 1. The third kappa shape index (κ3) is 2.11. The molecule has 0 aliphatic heterocycles. The Bertz CT molecular complexity index is 314. The molecule has 0 aromatic rings. The van der Waals surface area contributed by atoms with E-state index in [0.29, 0.717) is 12.3 Å². The molecule has 0 amide bonds. The number of hydrogen-bond donors (Lipinski definition) is 0. The standard InChI is InChI=1S/C15H26O2/c1-10(2)8-12(16)17-13-14(3,4)11-6-7-15(13,5)9-11/h10-11,13H,6-9H2,1-5H3. The van der Waals surface area contributed by atoms with Crippen molar-refractivity contribution in [1.82, 2.24) is 0 Å². The lowest BCUT2D eigenvalue weighted by molar-refractivity contribution is -0.165. The zero-order valence-electron chi connectivity index (χ0n) is 11.9. The maximum absolute atomic E-state index is 11.9. The van der Waals surface area contributed by atoms with Crippen LogP contribution < -0.4 is 0 Å². The number of esters is 1. The molecule has 98 valence electrons. The predicted molar refractivity (Wildman–Crippen MR) is 68.6 cm³/mol. The van der Waals surface area contributed by atoms with Crippen LogP contribution in [-0.4, -0.2) is 12.1 Å². The van der Waals surface area contributed by atoms with Crippen molar-refractivity contribution in [3.8, 4) is 0 Å². The smallest absolute Gasteiger partial charge is 0.306 e. The lowest BCUT2D eigenvalue weighted by Crippen LogP contribution is -2.43. The van der Waals surface area contributed by atoms with E-state index < -0.39 is 0 Å². The van der Waals surface area contributed by atoms with E-state index in [-0.39, 0.29) is 22.9 Å². The highest BCUT2D eigenvalue weighted by Gasteiger charge is 2.61. The lowest BCUT2D eigenvalue weighted by Gasteiger charge is -2.41. The molecule has 0 radical (unpaired) electrons. The van der Waals surface area contributed by atoms with Gasteiger partial charge in [0.25, 0.3) is 0 Å². The molecule has 2 fully saturated rings. The number of rotatable bonds is 3. The number of carbonyl (C=O) groups excluding carboxylic acids is 1. The van der Waals surface area contributed by atoms with Crippen LogP contribution in [0.4, 0.5) is 0 Å². The van der Waals surface area contributed by atoms with Gasteiger partial charge in [-0.15, -0.1) is 0 Å². The summed E-state index contributed by atoms with van der Waals surface area (Å²) in [5.74, 6) is 1.12. The van der Waals surface area contributed by atoms with Gasteiger partial charge >= 0.3 is 5.97 Å². The van der Waals surface area contributed by atoms with Gasteiger partial charge in [0.1, 0.15) is 6.10 Å². The topological polar surface area (TPSA) is 26.3 Å². The molecule has 0 spiro atoms. The highest BCUT2D eigenvalue weighted by atomic mass is 16.5. The van der Waals surface area contributed by atoms with Crippen LogP contribution >= 0.6 is 0 Å². The fourth-order valence-electron chi connectivity index (χ4n) is 4.06. The monoisotopic (exact) mass is 238 g/mol. The molecule has 3 unspecified atom stereocenters. The van der Waals surface area contributed by atoms with E-state index in [4.69, 9.17) is 4.74 Å². The first kappa shape index (κ1) is 12.9. The van der Waals surface area contributed by atoms with Crippen LogP contribution in [0, 0.1) is 22.7 Å². The minimum Gasteiger partial charge on any atom is -0.461 e. The second kappa shape index (κ2) is 4.00. The normalized spacial score (nSPS) is 38.7. The summed E-state index contributed by atoms with van der Waals surface area (Å²) in [6.45, 7) is 11.0. The van der Waals surface area contributed by atoms with Crippen molar-refractivity contribution in [2.24, 2.45) is 22.7 Å². The van der Waals surface area contributed by atoms with E-state index in [1.807, 2.05) is 0 Å². The average Bonchev–Trinajstić information content (AvgIpc) is 2.63. The number of ether oxygens (including phenoxy) is 1. The Labute approximate surface area is 105 Å². The first-order valence-electron chi connectivity index (χ1n) is 6.95. The molecule has 2 heteroatoms. The molecule has 2 nitrogen and oxygen atoms in total. The maximum atomic E-state index is 11.9. The fraction of sp³-hybridized carbons (Fsp3) is 0.933. The van der Waals surface area contributed by atoms with Crippen LogP contribution in [0.2, 0.25) is 0 Å². The molecule has 2 aliphatic carbocycles. The summed E-state index contributed by atoms with van der Waals surface area (Å²) in [6, 6.07) is 0. The summed E-state index contributed by atoms with van der Waals surface area (Å²) in [4.78, 5) is 11.9. The van der Waals surface area contributed by atoms with Gasteiger partial charge in [-0.2, -0.15) is 0 Å². The summed E-state index contributed by atoms with van der Waals surface area (Å²) in [5.41, 5.74) is 0.403. The van der Waals surface area contributed by atoms with Crippen molar-refractivity contribution < 1.29 is 9.53 Å². The molecule has 0 aromatic carbocycles.